The molecule has 0 aliphatic carbocycles. The quantitative estimate of drug-likeness (QED) is 0.131. The number of H-pyrrole nitrogens is 2. The van der Waals surface area contributed by atoms with E-state index in [1.54, 1.807) is 6.20 Å². The van der Waals surface area contributed by atoms with Crippen molar-refractivity contribution >= 4 is 45.5 Å². The van der Waals surface area contributed by atoms with Crippen LogP contribution in [0.15, 0.2) is 60.9 Å². The number of benzene rings is 2. The average molecular weight is 561 g/mol. The first-order valence-corrected chi connectivity index (χ1v) is 13.6. The summed E-state index contributed by atoms with van der Waals surface area (Å²) in [5.41, 5.74) is 9.75. The van der Waals surface area contributed by atoms with Crippen LogP contribution in [0.4, 0.5) is 0 Å². The van der Waals surface area contributed by atoms with Crippen molar-refractivity contribution in [1.29, 1.82) is 0 Å². The molecule has 0 saturated carbocycles. The van der Waals surface area contributed by atoms with Crippen molar-refractivity contribution in [2.75, 3.05) is 6.54 Å². The molecule has 4 unspecified atom stereocenters. The van der Waals surface area contributed by atoms with E-state index in [4.69, 9.17) is 10.8 Å². The molecule has 0 aliphatic heterocycles. The van der Waals surface area contributed by atoms with Crippen LogP contribution in [0, 0.1) is 5.92 Å². The summed E-state index contributed by atoms with van der Waals surface area (Å²) in [7, 11) is 0. The van der Waals surface area contributed by atoms with Gasteiger partial charge in [-0.25, -0.2) is 0 Å². The van der Waals surface area contributed by atoms with E-state index < -0.39 is 48.4 Å². The fourth-order valence-electron chi connectivity index (χ4n) is 4.87. The number of hydrogen-bond acceptors (Lipinski definition) is 5. The van der Waals surface area contributed by atoms with Crippen LogP contribution in [0.2, 0.25) is 0 Å². The number of fused-ring (bicyclic) bond motifs is 2. The Kier molecular flexibility index (Phi) is 9.41. The topological polar surface area (TPSA) is 182 Å². The molecule has 3 amide bonds. The largest absolute Gasteiger partial charge is 0.480 e. The maximum atomic E-state index is 13.6. The lowest BCUT2D eigenvalue weighted by Crippen LogP contribution is -2.58. The van der Waals surface area contributed by atoms with Crippen LogP contribution >= 0.6 is 0 Å². The van der Waals surface area contributed by atoms with Crippen molar-refractivity contribution in [2.45, 2.75) is 51.2 Å². The first-order valence-electron chi connectivity index (χ1n) is 13.6. The van der Waals surface area contributed by atoms with Gasteiger partial charge in [-0.15, -0.1) is 0 Å². The summed E-state index contributed by atoms with van der Waals surface area (Å²) in [4.78, 5) is 57.1. The number of carbonyl (C=O) groups is 4. The van der Waals surface area contributed by atoms with Crippen LogP contribution in [0.25, 0.3) is 21.8 Å². The van der Waals surface area contributed by atoms with Gasteiger partial charge < -0.3 is 36.8 Å². The predicted octanol–water partition coefficient (Wildman–Crippen LogP) is 1.98. The molecule has 41 heavy (non-hydrogen) atoms. The summed E-state index contributed by atoms with van der Waals surface area (Å²) < 4.78 is 0. The Morgan fingerprint density at radius 3 is 1.95 bits per heavy atom. The van der Waals surface area contributed by atoms with E-state index in [-0.39, 0.29) is 18.8 Å². The van der Waals surface area contributed by atoms with Gasteiger partial charge in [-0.05, 0) is 35.6 Å². The van der Waals surface area contributed by atoms with Gasteiger partial charge in [-0.3, -0.25) is 19.2 Å². The highest BCUT2D eigenvalue weighted by molar-refractivity contribution is 5.95. The Morgan fingerprint density at radius 2 is 1.39 bits per heavy atom. The molecule has 4 rings (SSSR count). The molecule has 8 N–H and O–H groups in total. The molecular weight excluding hydrogens is 524 g/mol. The molecule has 11 heteroatoms. The standard InChI is InChI=1S/C30H36N6O5/c1-3-17(2)27(36-28(39)22(31)12-18-14-32-23-10-6-4-8-20(18)23)30(41)35-25(29(40)34-16-26(37)38)13-19-15-33-24-11-7-5-9-21(19)24/h4-11,14-15,17,22,25,27,32-33H,3,12-13,16,31H2,1-2H3,(H,34,40)(H,35,41)(H,36,39)(H,37,38). The van der Waals surface area contributed by atoms with E-state index in [1.807, 2.05) is 68.6 Å². The minimum absolute atomic E-state index is 0.114. The normalized spacial score (nSPS) is 14.2. The minimum Gasteiger partial charge on any atom is -0.480 e. The van der Waals surface area contributed by atoms with Gasteiger partial charge in [0.15, 0.2) is 0 Å². The molecule has 0 saturated heterocycles. The molecule has 0 aliphatic rings. The van der Waals surface area contributed by atoms with Crippen molar-refractivity contribution in [1.82, 2.24) is 25.9 Å². The summed E-state index contributed by atoms with van der Waals surface area (Å²) in [6, 6.07) is 12.3. The molecule has 0 spiro atoms. The average Bonchev–Trinajstić information content (AvgIpc) is 3.57. The number of aromatic nitrogens is 2. The van der Waals surface area contributed by atoms with Gasteiger partial charge in [0.25, 0.3) is 0 Å². The molecule has 216 valence electrons. The number of amides is 3. The second-order valence-electron chi connectivity index (χ2n) is 10.3. The zero-order valence-electron chi connectivity index (χ0n) is 23.1. The zero-order chi connectivity index (χ0) is 29.5. The number of carboxylic acids is 1. The van der Waals surface area contributed by atoms with Crippen LogP contribution in [0.1, 0.15) is 31.4 Å². The van der Waals surface area contributed by atoms with Gasteiger partial charge in [0.2, 0.25) is 17.7 Å². The third-order valence-corrected chi connectivity index (χ3v) is 7.39. The second-order valence-corrected chi connectivity index (χ2v) is 10.3. The highest BCUT2D eigenvalue weighted by Gasteiger charge is 2.32. The third-order valence-electron chi connectivity index (χ3n) is 7.39. The molecule has 4 atom stereocenters. The third kappa shape index (κ3) is 7.12. The molecule has 0 bridgehead atoms. The number of carboxylic acid groups (broad SMARTS) is 1. The zero-order valence-corrected chi connectivity index (χ0v) is 23.1. The van der Waals surface area contributed by atoms with Gasteiger partial charge >= 0.3 is 5.97 Å². The highest BCUT2D eigenvalue weighted by Crippen LogP contribution is 2.21. The van der Waals surface area contributed by atoms with E-state index in [9.17, 15) is 19.2 Å². The van der Waals surface area contributed by atoms with Gasteiger partial charge in [0, 0.05) is 40.6 Å². The number of carbonyl (C=O) groups excluding carboxylic acids is 3. The van der Waals surface area contributed by atoms with Crippen molar-refractivity contribution < 1.29 is 24.3 Å². The maximum Gasteiger partial charge on any atom is 0.322 e. The molecule has 4 aromatic rings. The van der Waals surface area contributed by atoms with Crippen molar-refractivity contribution in [3.05, 3.63) is 72.1 Å². The molecule has 2 heterocycles. The summed E-state index contributed by atoms with van der Waals surface area (Å²) in [6.07, 6.45) is 4.54. The van der Waals surface area contributed by atoms with Crippen LogP contribution in [0.5, 0.6) is 0 Å². The number of para-hydroxylation sites is 2. The van der Waals surface area contributed by atoms with Gasteiger partial charge in [-0.2, -0.15) is 0 Å². The fourth-order valence-corrected chi connectivity index (χ4v) is 4.87. The number of aliphatic carboxylic acids is 1. The molecule has 0 fully saturated rings. The monoisotopic (exact) mass is 560 g/mol. The first-order chi connectivity index (χ1) is 19.7. The number of nitrogens with one attached hydrogen (secondary N) is 5. The van der Waals surface area contributed by atoms with Gasteiger partial charge in [0.1, 0.15) is 18.6 Å². The number of rotatable bonds is 13. The lowest BCUT2D eigenvalue weighted by molar-refractivity contribution is -0.138. The number of nitrogens with two attached hydrogens (primary N) is 1. The number of hydrogen-bond donors (Lipinski definition) is 7. The molecular formula is C30H36N6O5. The smallest absolute Gasteiger partial charge is 0.322 e. The van der Waals surface area contributed by atoms with Gasteiger partial charge in [-0.1, -0.05) is 56.7 Å². The Morgan fingerprint density at radius 1 is 0.829 bits per heavy atom. The fraction of sp³-hybridized carbons (Fsp3) is 0.333. The van der Waals surface area contributed by atoms with Crippen molar-refractivity contribution in [2.24, 2.45) is 11.7 Å². The highest BCUT2D eigenvalue weighted by atomic mass is 16.4. The van der Waals surface area contributed by atoms with E-state index in [0.717, 1.165) is 32.9 Å². The summed E-state index contributed by atoms with van der Waals surface area (Å²) >= 11 is 0. The first kappa shape index (κ1) is 29.3. The van der Waals surface area contributed by atoms with E-state index in [1.165, 1.54) is 0 Å². The van der Waals surface area contributed by atoms with Crippen LogP contribution in [0.3, 0.4) is 0 Å². The molecule has 2 aromatic heterocycles. The predicted molar refractivity (Wildman–Crippen MR) is 156 cm³/mol. The lowest BCUT2D eigenvalue weighted by Gasteiger charge is -2.27. The minimum atomic E-state index is -1.20. The second kappa shape index (κ2) is 13.1. The van der Waals surface area contributed by atoms with Crippen molar-refractivity contribution in [3.8, 4) is 0 Å². The lowest BCUT2D eigenvalue weighted by atomic mass is 9.96. The summed E-state index contributed by atoms with van der Waals surface area (Å²) in [5.74, 6) is -3.16. The summed E-state index contributed by atoms with van der Waals surface area (Å²) in [5, 5.41) is 18.8. The molecule has 11 nitrogen and oxygen atoms in total. The number of aromatic amines is 2. The van der Waals surface area contributed by atoms with Crippen LogP contribution in [-0.2, 0) is 32.0 Å². The SMILES string of the molecule is CCC(C)C(NC(=O)C(N)Cc1c[nH]c2ccccc12)C(=O)NC(Cc1c[nH]c2ccccc12)C(=O)NCC(=O)O. The van der Waals surface area contributed by atoms with Crippen LogP contribution < -0.4 is 21.7 Å². The van der Waals surface area contributed by atoms with E-state index in [0.29, 0.717) is 6.42 Å². The van der Waals surface area contributed by atoms with Gasteiger partial charge in [0.05, 0.1) is 6.04 Å². The Balaban J connectivity index is 1.49. The Hall–Kier alpha value is -4.64. The Bertz CT molecular complexity index is 1540. The van der Waals surface area contributed by atoms with Crippen LogP contribution in [-0.4, -0.2) is 63.4 Å². The maximum absolute atomic E-state index is 13.6. The Labute approximate surface area is 237 Å². The van der Waals surface area contributed by atoms with E-state index in [2.05, 4.69) is 25.9 Å². The molecule has 2 aromatic carbocycles. The van der Waals surface area contributed by atoms with E-state index >= 15 is 0 Å². The molecule has 0 radical (unpaired) electrons. The van der Waals surface area contributed by atoms with Crippen molar-refractivity contribution in [3.63, 3.8) is 0 Å². The summed E-state index contributed by atoms with van der Waals surface area (Å²) in [6.45, 7) is 3.13.